The fraction of sp³-hybridized carbons (Fsp3) is 0.385. The summed E-state index contributed by atoms with van der Waals surface area (Å²) in [6.07, 6.45) is 5.24. The van der Waals surface area contributed by atoms with E-state index >= 15 is 0 Å². The molecule has 2 aromatic heterocycles. The van der Waals surface area contributed by atoms with Crippen LogP contribution in [0.2, 0.25) is 0 Å². The Hall–Kier alpha value is -1.68. The summed E-state index contributed by atoms with van der Waals surface area (Å²) in [5.41, 5.74) is 2.60. The minimum absolute atomic E-state index is 0.475. The van der Waals surface area contributed by atoms with Crippen LogP contribution < -0.4 is 5.32 Å². The molecule has 0 amide bonds. The van der Waals surface area contributed by atoms with Gasteiger partial charge in [0.1, 0.15) is 5.65 Å². The number of fused-ring (bicyclic) bond motifs is 1. The smallest absolute Gasteiger partial charge is 0.166 e. The average Bonchev–Trinajstić information content (AvgIpc) is 2.83. The van der Waals surface area contributed by atoms with Gasteiger partial charge >= 0.3 is 0 Å². The first-order chi connectivity index (χ1) is 8.38. The molecule has 1 saturated heterocycles. The summed E-state index contributed by atoms with van der Waals surface area (Å²) >= 11 is 0. The molecule has 1 atom stereocenters. The highest BCUT2D eigenvalue weighted by Gasteiger charge is 2.18. The first-order valence-corrected chi connectivity index (χ1v) is 6.02. The molecule has 3 heterocycles. The topological polar surface area (TPSA) is 46.4 Å². The number of piperidine rings is 1. The Morgan fingerprint density at radius 2 is 2.41 bits per heavy atom. The Kier molecular flexibility index (Phi) is 2.65. The third-order valence-corrected chi connectivity index (χ3v) is 3.38. The van der Waals surface area contributed by atoms with Gasteiger partial charge in [-0.3, -0.25) is 9.20 Å². The molecule has 1 fully saturated rings. The number of carbonyl (C=O) groups excluding carboxylic acids is 1. The Morgan fingerprint density at radius 3 is 3.18 bits per heavy atom. The van der Waals surface area contributed by atoms with Gasteiger partial charge in [-0.1, -0.05) is 6.07 Å². The van der Waals surface area contributed by atoms with Crippen molar-refractivity contribution >= 4 is 11.9 Å². The number of hydrogen-bond donors (Lipinski definition) is 1. The van der Waals surface area contributed by atoms with Crippen LogP contribution in [-0.4, -0.2) is 28.8 Å². The summed E-state index contributed by atoms with van der Waals surface area (Å²) in [5.74, 6) is 0.475. The van der Waals surface area contributed by atoms with Crippen molar-refractivity contribution in [2.45, 2.75) is 18.8 Å². The van der Waals surface area contributed by atoms with E-state index in [4.69, 9.17) is 0 Å². The van der Waals surface area contributed by atoms with Crippen LogP contribution in [0.25, 0.3) is 5.65 Å². The zero-order valence-corrected chi connectivity index (χ0v) is 9.60. The van der Waals surface area contributed by atoms with E-state index in [0.717, 1.165) is 30.7 Å². The molecule has 4 heteroatoms. The number of hydrogen-bond acceptors (Lipinski definition) is 3. The van der Waals surface area contributed by atoms with Gasteiger partial charge in [-0.15, -0.1) is 0 Å². The fourth-order valence-electron chi connectivity index (χ4n) is 2.45. The van der Waals surface area contributed by atoms with Crippen LogP contribution in [0.3, 0.4) is 0 Å². The number of aldehydes is 1. The molecule has 0 aliphatic carbocycles. The molecule has 3 rings (SSSR count). The lowest BCUT2D eigenvalue weighted by molar-refractivity contribution is 0.111. The fourth-order valence-corrected chi connectivity index (χ4v) is 2.45. The Labute approximate surface area is 99.7 Å². The van der Waals surface area contributed by atoms with Crippen molar-refractivity contribution in [1.82, 2.24) is 14.7 Å². The predicted octanol–water partition coefficient (Wildman–Crippen LogP) is 1.61. The van der Waals surface area contributed by atoms with E-state index < -0.39 is 0 Å². The summed E-state index contributed by atoms with van der Waals surface area (Å²) in [6.45, 7) is 2.09. The van der Waals surface area contributed by atoms with Gasteiger partial charge in [-0.05, 0) is 31.5 Å². The largest absolute Gasteiger partial charge is 0.316 e. The zero-order valence-electron chi connectivity index (χ0n) is 9.60. The molecule has 0 saturated carbocycles. The molecule has 88 valence electrons. The van der Waals surface area contributed by atoms with Crippen LogP contribution in [0, 0.1) is 0 Å². The lowest BCUT2D eigenvalue weighted by Crippen LogP contribution is -2.28. The third-order valence-electron chi connectivity index (χ3n) is 3.38. The lowest BCUT2D eigenvalue weighted by atomic mass is 9.97. The van der Waals surface area contributed by atoms with Gasteiger partial charge in [0.2, 0.25) is 0 Å². The minimum atomic E-state index is 0.475. The van der Waals surface area contributed by atoms with Crippen molar-refractivity contribution in [1.29, 1.82) is 0 Å². The molecule has 2 aromatic rings. The van der Waals surface area contributed by atoms with E-state index in [9.17, 15) is 4.79 Å². The van der Waals surface area contributed by atoms with Crippen molar-refractivity contribution < 1.29 is 4.79 Å². The molecular weight excluding hydrogens is 214 g/mol. The first-order valence-electron chi connectivity index (χ1n) is 6.02. The van der Waals surface area contributed by atoms with Crippen molar-refractivity contribution in [2.24, 2.45) is 0 Å². The van der Waals surface area contributed by atoms with Gasteiger partial charge < -0.3 is 5.32 Å². The highest BCUT2D eigenvalue weighted by molar-refractivity contribution is 5.73. The SMILES string of the molecule is O=Cc1cccc2nc(C3CCCNC3)cn12. The summed E-state index contributed by atoms with van der Waals surface area (Å²) in [5, 5.41) is 3.39. The second-order valence-electron chi connectivity index (χ2n) is 4.51. The van der Waals surface area contributed by atoms with Gasteiger partial charge in [-0.2, -0.15) is 0 Å². The maximum absolute atomic E-state index is 10.9. The van der Waals surface area contributed by atoms with Crippen molar-refractivity contribution in [3.05, 3.63) is 35.8 Å². The van der Waals surface area contributed by atoms with Crippen molar-refractivity contribution in [3.63, 3.8) is 0 Å². The molecule has 4 nitrogen and oxygen atoms in total. The standard InChI is InChI=1S/C13H15N3O/c17-9-11-4-1-5-13-15-12(8-16(11)13)10-3-2-6-14-7-10/h1,4-5,8-10,14H,2-3,6-7H2. The lowest BCUT2D eigenvalue weighted by Gasteiger charge is -2.20. The molecule has 0 aromatic carbocycles. The number of nitrogens with zero attached hydrogens (tertiary/aromatic N) is 2. The monoisotopic (exact) mass is 229 g/mol. The number of carbonyl (C=O) groups is 1. The quantitative estimate of drug-likeness (QED) is 0.796. The second kappa shape index (κ2) is 4.30. The predicted molar refractivity (Wildman–Crippen MR) is 65.4 cm³/mol. The second-order valence-corrected chi connectivity index (χ2v) is 4.51. The van der Waals surface area contributed by atoms with E-state index in [1.54, 1.807) is 0 Å². The number of nitrogens with one attached hydrogen (secondary N) is 1. The molecule has 1 aliphatic heterocycles. The molecule has 0 spiro atoms. The van der Waals surface area contributed by atoms with Crippen LogP contribution in [0.5, 0.6) is 0 Å². The number of aromatic nitrogens is 2. The van der Waals surface area contributed by atoms with E-state index in [1.165, 1.54) is 12.8 Å². The summed E-state index contributed by atoms with van der Waals surface area (Å²) in [4.78, 5) is 15.6. The summed E-state index contributed by atoms with van der Waals surface area (Å²) < 4.78 is 1.87. The van der Waals surface area contributed by atoms with Gasteiger partial charge in [0.25, 0.3) is 0 Å². The molecule has 0 radical (unpaired) electrons. The van der Waals surface area contributed by atoms with Crippen LogP contribution in [0.15, 0.2) is 24.4 Å². The third kappa shape index (κ3) is 1.85. The molecule has 1 aliphatic rings. The van der Waals surface area contributed by atoms with Gasteiger partial charge in [0.05, 0.1) is 11.4 Å². The number of rotatable bonds is 2. The van der Waals surface area contributed by atoms with E-state index in [2.05, 4.69) is 10.3 Å². The number of pyridine rings is 1. The van der Waals surface area contributed by atoms with Crippen LogP contribution in [0.1, 0.15) is 34.9 Å². The molecule has 17 heavy (non-hydrogen) atoms. The Morgan fingerprint density at radius 1 is 1.47 bits per heavy atom. The molecule has 1 N–H and O–H groups in total. The summed E-state index contributed by atoms with van der Waals surface area (Å²) in [7, 11) is 0. The van der Waals surface area contributed by atoms with E-state index in [0.29, 0.717) is 11.6 Å². The van der Waals surface area contributed by atoms with Gasteiger partial charge in [0.15, 0.2) is 6.29 Å². The van der Waals surface area contributed by atoms with E-state index in [1.807, 2.05) is 28.8 Å². The highest BCUT2D eigenvalue weighted by Crippen LogP contribution is 2.23. The molecule has 1 unspecified atom stereocenters. The van der Waals surface area contributed by atoms with Crippen molar-refractivity contribution in [3.8, 4) is 0 Å². The average molecular weight is 229 g/mol. The maximum atomic E-state index is 10.9. The molecule has 0 bridgehead atoms. The highest BCUT2D eigenvalue weighted by atomic mass is 16.1. The van der Waals surface area contributed by atoms with E-state index in [-0.39, 0.29) is 0 Å². The zero-order chi connectivity index (χ0) is 11.7. The minimum Gasteiger partial charge on any atom is -0.316 e. The normalized spacial score (nSPS) is 20.6. The Balaban J connectivity index is 2.03. The van der Waals surface area contributed by atoms with Crippen LogP contribution in [0.4, 0.5) is 0 Å². The van der Waals surface area contributed by atoms with Crippen LogP contribution in [-0.2, 0) is 0 Å². The van der Waals surface area contributed by atoms with Crippen LogP contribution >= 0.6 is 0 Å². The van der Waals surface area contributed by atoms with Gasteiger partial charge in [-0.25, -0.2) is 4.98 Å². The summed E-state index contributed by atoms with van der Waals surface area (Å²) in [6, 6.07) is 5.62. The van der Waals surface area contributed by atoms with Gasteiger partial charge in [0, 0.05) is 18.7 Å². The Bertz CT molecular complexity index is 541. The molecular formula is C13H15N3O. The maximum Gasteiger partial charge on any atom is 0.166 e. The van der Waals surface area contributed by atoms with Crippen molar-refractivity contribution in [2.75, 3.05) is 13.1 Å². The number of imidazole rings is 1. The first kappa shape index (κ1) is 10.5.